The lowest BCUT2D eigenvalue weighted by Crippen LogP contribution is -1.89. The average Bonchev–Trinajstić information content (AvgIpc) is 1.84. The van der Waals surface area contributed by atoms with E-state index in [1.54, 1.807) is 0 Å². The molecular weight excluding hydrogens is 195 g/mol. The molecule has 51 valence electrons. The van der Waals surface area contributed by atoms with Crippen molar-refractivity contribution in [2.24, 2.45) is 0 Å². The second-order valence-corrected chi connectivity index (χ2v) is 2.66. The van der Waals surface area contributed by atoms with E-state index in [1.165, 1.54) is 15.6 Å². The fourth-order valence-electron chi connectivity index (χ4n) is 0.743. The van der Waals surface area contributed by atoms with Gasteiger partial charge in [-0.1, -0.05) is 28.1 Å². The predicted molar refractivity (Wildman–Crippen MR) is 43.3 cm³/mol. The molecule has 0 fully saturated rings. The van der Waals surface area contributed by atoms with Crippen LogP contribution in [0.1, 0.15) is 0 Å². The summed E-state index contributed by atoms with van der Waals surface area (Å²) < 4.78 is 1.25. The summed E-state index contributed by atoms with van der Waals surface area (Å²) >= 11 is 3.37. The highest BCUT2D eigenvalue weighted by Crippen LogP contribution is 2.39. The fraction of sp³-hybridized carbons (Fsp3) is 0. The van der Waals surface area contributed by atoms with Crippen molar-refractivity contribution in [2.45, 2.75) is 0 Å². The first-order valence-corrected chi connectivity index (χ1v) is 3.49. The number of fused-ring (bicyclic) bond motifs is 1. The molecule has 0 amide bonds. The molecule has 2 aliphatic rings. The van der Waals surface area contributed by atoms with Crippen molar-refractivity contribution in [1.82, 2.24) is 0 Å². The van der Waals surface area contributed by atoms with Crippen molar-refractivity contribution >= 4 is 23.6 Å². The van der Waals surface area contributed by atoms with Gasteiger partial charge in [-0.15, -0.1) is 0 Å². The van der Waals surface area contributed by atoms with Crippen molar-refractivity contribution in [2.75, 3.05) is 0 Å². The first kappa shape index (κ1) is 7.79. The van der Waals surface area contributed by atoms with Gasteiger partial charge in [0.2, 0.25) is 0 Å². The topological polar surface area (TPSA) is 40.5 Å². The second kappa shape index (κ2) is 3.19. The maximum atomic E-state index is 7.00. The van der Waals surface area contributed by atoms with Crippen LogP contribution in [0.15, 0.2) is 22.7 Å². The average molecular weight is 200 g/mol. The van der Waals surface area contributed by atoms with Gasteiger partial charge in [0.1, 0.15) is 0 Å². The van der Waals surface area contributed by atoms with Crippen LogP contribution in [-0.4, -0.2) is 17.7 Å². The number of hydrogen-bond acceptors (Lipinski definition) is 2. The standard InChI is InChI=1S/C6H3Br.BH2O2/c7-6-3-4-1-2-5(4)6;2-1-3/h1-3H;2-3H. The summed E-state index contributed by atoms with van der Waals surface area (Å²) in [5.74, 6) is 0. The Morgan fingerprint density at radius 3 is 1.90 bits per heavy atom. The summed E-state index contributed by atoms with van der Waals surface area (Å²) in [6, 6.07) is 6.34. The van der Waals surface area contributed by atoms with E-state index in [1.807, 2.05) is 0 Å². The van der Waals surface area contributed by atoms with E-state index in [0.717, 1.165) is 0 Å². The highest BCUT2D eigenvalue weighted by atomic mass is 79.9. The normalized spacial score (nSPS) is 9.50. The molecule has 0 bridgehead atoms. The first-order valence-electron chi connectivity index (χ1n) is 2.69. The van der Waals surface area contributed by atoms with Crippen LogP contribution >= 0.6 is 15.9 Å². The highest BCUT2D eigenvalue weighted by molar-refractivity contribution is 9.10. The van der Waals surface area contributed by atoms with Crippen molar-refractivity contribution in [3.05, 3.63) is 22.7 Å². The molecule has 0 unspecified atom stereocenters. The molecule has 2 nitrogen and oxygen atoms in total. The van der Waals surface area contributed by atoms with Gasteiger partial charge < -0.3 is 10.0 Å². The van der Waals surface area contributed by atoms with E-state index in [4.69, 9.17) is 10.0 Å². The Labute approximate surface area is 67.9 Å². The summed E-state index contributed by atoms with van der Waals surface area (Å²) in [4.78, 5) is 0. The van der Waals surface area contributed by atoms with E-state index in [0.29, 0.717) is 0 Å². The molecule has 2 N–H and O–H groups in total. The summed E-state index contributed by atoms with van der Waals surface area (Å²) in [6.07, 6.45) is 0. The van der Waals surface area contributed by atoms with Crippen molar-refractivity contribution in [3.63, 3.8) is 0 Å². The van der Waals surface area contributed by atoms with E-state index >= 15 is 0 Å². The van der Waals surface area contributed by atoms with Gasteiger partial charge >= 0.3 is 7.69 Å². The molecule has 2 rings (SSSR count). The fourth-order valence-corrected chi connectivity index (χ4v) is 1.35. The molecule has 2 aliphatic carbocycles. The van der Waals surface area contributed by atoms with E-state index in [9.17, 15) is 0 Å². The second-order valence-electron chi connectivity index (χ2n) is 1.81. The zero-order valence-electron chi connectivity index (χ0n) is 5.08. The van der Waals surface area contributed by atoms with Gasteiger partial charge in [0.15, 0.2) is 0 Å². The minimum atomic E-state index is 0. The molecule has 4 heteroatoms. The number of benzene rings is 1. The van der Waals surface area contributed by atoms with Gasteiger partial charge in [0, 0.05) is 4.47 Å². The molecule has 0 aromatic heterocycles. The molecule has 0 atom stereocenters. The number of halogens is 1. The van der Waals surface area contributed by atoms with Crippen LogP contribution < -0.4 is 0 Å². The Kier molecular flexibility index (Phi) is 2.48. The molecule has 0 saturated heterocycles. The van der Waals surface area contributed by atoms with Crippen LogP contribution in [-0.2, 0) is 0 Å². The van der Waals surface area contributed by atoms with Gasteiger partial charge in [0.25, 0.3) is 0 Å². The largest absolute Gasteiger partial charge is 0.482 e. The summed E-state index contributed by atoms with van der Waals surface area (Å²) in [5.41, 5.74) is 2.78. The van der Waals surface area contributed by atoms with Crippen LogP contribution in [0.2, 0.25) is 0 Å². The number of hydrogen-bond donors (Lipinski definition) is 2. The smallest absolute Gasteiger partial charge is 0.429 e. The maximum absolute atomic E-state index is 7.00. The van der Waals surface area contributed by atoms with Gasteiger partial charge in [-0.25, -0.2) is 0 Å². The predicted octanol–water partition coefficient (Wildman–Crippen LogP) is 0.935. The van der Waals surface area contributed by atoms with Crippen molar-refractivity contribution < 1.29 is 10.0 Å². The van der Waals surface area contributed by atoms with Gasteiger partial charge in [-0.2, -0.15) is 0 Å². The SMILES string of the molecule is Brc1cc2ccc1-2.O[B]O. The third kappa shape index (κ3) is 1.23. The minimum absolute atomic E-state index is 0. The lowest BCUT2D eigenvalue weighted by Gasteiger charge is -2.15. The van der Waals surface area contributed by atoms with Crippen molar-refractivity contribution in [3.8, 4) is 11.1 Å². The molecule has 0 aliphatic heterocycles. The Hall–Kier alpha value is -0.315. The summed E-state index contributed by atoms with van der Waals surface area (Å²) in [7, 11) is 0. The summed E-state index contributed by atoms with van der Waals surface area (Å²) in [6.45, 7) is 0. The van der Waals surface area contributed by atoms with Crippen molar-refractivity contribution in [1.29, 1.82) is 0 Å². The Bertz CT molecular complexity index is 239. The Balaban J connectivity index is 0.000000148. The third-order valence-electron chi connectivity index (χ3n) is 1.28. The van der Waals surface area contributed by atoms with Gasteiger partial charge in [0.05, 0.1) is 0 Å². The monoisotopic (exact) mass is 199 g/mol. The van der Waals surface area contributed by atoms with Crippen LogP contribution in [0.5, 0.6) is 0 Å². The Morgan fingerprint density at radius 1 is 1.30 bits per heavy atom. The molecule has 0 aromatic carbocycles. The molecule has 0 aromatic rings. The first-order chi connectivity index (χ1) is 4.79. The van der Waals surface area contributed by atoms with E-state index in [2.05, 4.69) is 34.1 Å². The summed E-state index contributed by atoms with van der Waals surface area (Å²) in [5, 5.41) is 14.0. The highest BCUT2D eigenvalue weighted by Gasteiger charge is 2.12. The zero-order chi connectivity index (χ0) is 7.56. The zero-order valence-corrected chi connectivity index (χ0v) is 6.67. The molecule has 0 heterocycles. The van der Waals surface area contributed by atoms with Crippen LogP contribution in [0.4, 0.5) is 0 Å². The molecule has 10 heavy (non-hydrogen) atoms. The Morgan fingerprint density at radius 2 is 1.90 bits per heavy atom. The minimum Gasteiger partial charge on any atom is -0.429 e. The molecular formula is C6H5BBrO2. The van der Waals surface area contributed by atoms with E-state index < -0.39 is 0 Å². The third-order valence-corrected chi connectivity index (χ3v) is 1.94. The van der Waals surface area contributed by atoms with Gasteiger partial charge in [-0.05, 0) is 17.2 Å². The van der Waals surface area contributed by atoms with Crippen LogP contribution in [0, 0.1) is 0 Å². The van der Waals surface area contributed by atoms with Crippen LogP contribution in [0.25, 0.3) is 11.1 Å². The lowest BCUT2D eigenvalue weighted by atomic mass is 9.94. The van der Waals surface area contributed by atoms with Crippen LogP contribution in [0.3, 0.4) is 0 Å². The molecule has 0 spiro atoms. The van der Waals surface area contributed by atoms with Gasteiger partial charge in [-0.3, -0.25) is 0 Å². The molecule has 0 saturated carbocycles. The lowest BCUT2D eigenvalue weighted by molar-refractivity contribution is 0.448. The maximum Gasteiger partial charge on any atom is 0.482 e. The van der Waals surface area contributed by atoms with E-state index in [-0.39, 0.29) is 7.69 Å². The quantitative estimate of drug-likeness (QED) is 0.621. The number of rotatable bonds is 0. The molecule has 1 radical (unpaired) electrons.